The van der Waals surface area contributed by atoms with Crippen molar-refractivity contribution in [2.75, 3.05) is 66.4 Å². The zero-order valence-corrected chi connectivity index (χ0v) is 21.0. The van der Waals surface area contributed by atoms with Gasteiger partial charge in [-0.3, -0.25) is 4.79 Å². The van der Waals surface area contributed by atoms with Crippen LogP contribution in [0.25, 0.3) is 0 Å². The average Bonchev–Trinajstić information content (AvgIpc) is 2.87. The molecule has 194 valence electrons. The van der Waals surface area contributed by atoms with Gasteiger partial charge in [-0.1, -0.05) is 12.1 Å². The molecule has 1 aromatic rings. The van der Waals surface area contributed by atoms with Crippen LogP contribution in [0.5, 0.6) is 5.75 Å². The number of sulfonamides is 1. The van der Waals surface area contributed by atoms with Crippen molar-refractivity contribution >= 4 is 27.9 Å². The van der Waals surface area contributed by atoms with Crippen molar-refractivity contribution in [3.63, 3.8) is 0 Å². The fourth-order valence-corrected chi connectivity index (χ4v) is 4.87. The van der Waals surface area contributed by atoms with E-state index in [1.165, 1.54) is 12.0 Å². The van der Waals surface area contributed by atoms with Crippen molar-refractivity contribution in [2.45, 2.75) is 18.5 Å². The van der Waals surface area contributed by atoms with Crippen molar-refractivity contribution in [3.8, 4) is 5.75 Å². The summed E-state index contributed by atoms with van der Waals surface area (Å²) >= 11 is 0. The maximum absolute atomic E-state index is 13.4. The standard InChI is InChI=1S/C22H32N4O8S/c1-32-17-6-4-16(5-7-17)14-18(21(28)33-2)23-20(27)19-15-25(35(3,30)31)8-9-26(19)22(29)24-10-12-34-13-11-24/h4-7,18-19H,8-15H2,1-3H3,(H,23,27). The van der Waals surface area contributed by atoms with Gasteiger partial charge >= 0.3 is 12.0 Å². The van der Waals surface area contributed by atoms with Crippen molar-refractivity contribution in [1.29, 1.82) is 0 Å². The van der Waals surface area contributed by atoms with Crippen molar-refractivity contribution in [1.82, 2.24) is 19.4 Å². The first-order valence-corrected chi connectivity index (χ1v) is 13.1. The molecule has 0 aliphatic carbocycles. The van der Waals surface area contributed by atoms with Crippen LogP contribution in [0.15, 0.2) is 24.3 Å². The SMILES string of the molecule is COC(=O)C(Cc1ccc(OC)cc1)NC(=O)C1CN(S(C)(=O)=O)CCN1C(=O)N1CCOCC1. The van der Waals surface area contributed by atoms with Gasteiger partial charge in [-0.15, -0.1) is 0 Å². The molecule has 0 saturated carbocycles. The highest BCUT2D eigenvalue weighted by Gasteiger charge is 2.41. The molecule has 0 bridgehead atoms. The topological polar surface area (TPSA) is 135 Å². The number of carbonyl (C=O) groups is 3. The summed E-state index contributed by atoms with van der Waals surface area (Å²) in [6.07, 6.45) is 1.20. The second kappa shape index (κ2) is 11.7. The van der Waals surface area contributed by atoms with E-state index in [4.69, 9.17) is 14.2 Å². The quantitative estimate of drug-likeness (QED) is 0.474. The number of morpholine rings is 1. The number of nitrogens with one attached hydrogen (secondary N) is 1. The maximum Gasteiger partial charge on any atom is 0.328 e. The van der Waals surface area contributed by atoms with Gasteiger partial charge in [-0.05, 0) is 17.7 Å². The summed E-state index contributed by atoms with van der Waals surface area (Å²) in [4.78, 5) is 42.0. The van der Waals surface area contributed by atoms with Gasteiger partial charge < -0.3 is 29.3 Å². The van der Waals surface area contributed by atoms with Gasteiger partial charge in [0.2, 0.25) is 15.9 Å². The molecule has 1 aromatic carbocycles. The molecule has 0 radical (unpaired) electrons. The predicted octanol–water partition coefficient (Wildman–Crippen LogP) is -0.706. The molecule has 2 unspecified atom stereocenters. The van der Waals surface area contributed by atoms with Crippen molar-refractivity contribution < 1.29 is 37.0 Å². The number of amides is 3. The van der Waals surface area contributed by atoms with E-state index in [1.54, 1.807) is 36.3 Å². The molecular weight excluding hydrogens is 480 g/mol. The van der Waals surface area contributed by atoms with Gasteiger partial charge in [0.15, 0.2) is 0 Å². The summed E-state index contributed by atoms with van der Waals surface area (Å²) in [6.45, 7) is 1.44. The Morgan fingerprint density at radius 1 is 1.09 bits per heavy atom. The lowest BCUT2D eigenvalue weighted by atomic mass is 10.0. The molecule has 2 fully saturated rings. The zero-order chi connectivity index (χ0) is 25.6. The molecule has 12 nitrogen and oxygen atoms in total. The predicted molar refractivity (Wildman–Crippen MR) is 125 cm³/mol. The number of urea groups is 1. The van der Waals surface area contributed by atoms with E-state index in [9.17, 15) is 22.8 Å². The lowest BCUT2D eigenvalue weighted by Gasteiger charge is -2.42. The number of hydrogen-bond acceptors (Lipinski definition) is 8. The number of ether oxygens (including phenoxy) is 3. The average molecular weight is 513 g/mol. The van der Waals surface area contributed by atoms with Crippen LogP contribution in [0, 0.1) is 0 Å². The summed E-state index contributed by atoms with van der Waals surface area (Å²) in [5.41, 5.74) is 0.754. The van der Waals surface area contributed by atoms with E-state index in [-0.39, 0.29) is 32.1 Å². The number of carbonyl (C=O) groups excluding carboxylic acids is 3. The third kappa shape index (κ3) is 6.83. The normalized spacial score (nSPS) is 20.1. The highest BCUT2D eigenvalue weighted by atomic mass is 32.2. The Hall–Kier alpha value is -2.90. The Kier molecular flexibility index (Phi) is 8.92. The largest absolute Gasteiger partial charge is 0.497 e. The smallest absolute Gasteiger partial charge is 0.328 e. The van der Waals surface area contributed by atoms with Crippen molar-refractivity contribution in [2.24, 2.45) is 0 Å². The summed E-state index contributed by atoms with van der Waals surface area (Å²) in [5.74, 6) is -0.646. The number of nitrogens with zero attached hydrogens (tertiary/aromatic N) is 3. The summed E-state index contributed by atoms with van der Waals surface area (Å²) in [5, 5.41) is 2.67. The first-order chi connectivity index (χ1) is 16.6. The molecule has 13 heteroatoms. The van der Waals surface area contributed by atoms with Gasteiger partial charge in [-0.25, -0.2) is 18.0 Å². The fraction of sp³-hybridized carbons (Fsp3) is 0.591. The zero-order valence-electron chi connectivity index (χ0n) is 20.1. The molecule has 2 heterocycles. The van der Waals surface area contributed by atoms with Crippen LogP contribution in [0.1, 0.15) is 5.56 Å². The highest BCUT2D eigenvalue weighted by molar-refractivity contribution is 7.88. The number of benzene rings is 1. The minimum atomic E-state index is -3.59. The van der Waals surface area contributed by atoms with E-state index in [0.29, 0.717) is 32.1 Å². The Labute approximate surface area is 205 Å². The number of piperazine rings is 1. The molecule has 2 atom stereocenters. The number of rotatable bonds is 7. The Balaban J connectivity index is 1.80. The lowest BCUT2D eigenvalue weighted by Crippen LogP contribution is -2.65. The second-order valence-corrected chi connectivity index (χ2v) is 10.3. The van der Waals surface area contributed by atoms with Gasteiger partial charge in [0.05, 0.1) is 33.7 Å². The van der Waals surface area contributed by atoms with Gasteiger partial charge in [-0.2, -0.15) is 4.31 Å². The van der Waals surface area contributed by atoms with E-state index in [1.807, 2.05) is 0 Å². The van der Waals surface area contributed by atoms with E-state index in [0.717, 1.165) is 16.1 Å². The number of hydrogen-bond donors (Lipinski definition) is 1. The molecule has 0 aromatic heterocycles. The first-order valence-electron chi connectivity index (χ1n) is 11.2. The molecular formula is C22H32N4O8S. The highest BCUT2D eigenvalue weighted by Crippen LogP contribution is 2.18. The number of esters is 1. The summed E-state index contributed by atoms with van der Waals surface area (Å²) in [7, 11) is -0.833. The third-order valence-electron chi connectivity index (χ3n) is 6.04. The Morgan fingerprint density at radius 2 is 1.74 bits per heavy atom. The molecule has 35 heavy (non-hydrogen) atoms. The van der Waals surface area contributed by atoms with E-state index in [2.05, 4.69) is 5.32 Å². The molecule has 2 aliphatic heterocycles. The maximum atomic E-state index is 13.4. The number of methoxy groups -OCH3 is 2. The minimum absolute atomic E-state index is 0.0444. The van der Waals surface area contributed by atoms with Gasteiger partial charge in [0, 0.05) is 39.1 Å². The molecule has 3 amide bonds. The molecule has 2 aliphatic rings. The fourth-order valence-electron chi connectivity index (χ4n) is 4.05. The van der Waals surface area contributed by atoms with Gasteiger partial charge in [0.25, 0.3) is 0 Å². The summed E-state index contributed by atoms with van der Waals surface area (Å²) < 4.78 is 40.8. The van der Waals surface area contributed by atoms with Crippen LogP contribution in [-0.4, -0.2) is 119 Å². The molecule has 0 spiro atoms. The monoisotopic (exact) mass is 512 g/mol. The van der Waals surface area contributed by atoms with Crippen LogP contribution in [0.3, 0.4) is 0 Å². The van der Waals surface area contributed by atoms with E-state index >= 15 is 0 Å². The second-order valence-electron chi connectivity index (χ2n) is 8.35. The van der Waals surface area contributed by atoms with Crippen molar-refractivity contribution in [3.05, 3.63) is 29.8 Å². The first kappa shape index (κ1) is 26.7. The molecule has 3 rings (SSSR count). The minimum Gasteiger partial charge on any atom is -0.497 e. The van der Waals surface area contributed by atoms with Crippen LogP contribution in [-0.2, 0) is 35.5 Å². The summed E-state index contributed by atoms with van der Waals surface area (Å²) in [6, 6.07) is 4.49. The van der Waals surface area contributed by atoms with Crippen LogP contribution < -0.4 is 10.1 Å². The lowest BCUT2D eigenvalue weighted by molar-refractivity contribution is -0.145. The Bertz CT molecular complexity index is 1010. The van der Waals surface area contributed by atoms with Crippen LogP contribution >= 0.6 is 0 Å². The van der Waals surface area contributed by atoms with Gasteiger partial charge in [0.1, 0.15) is 17.8 Å². The third-order valence-corrected chi connectivity index (χ3v) is 7.31. The molecule has 1 N–H and O–H groups in total. The van der Waals surface area contributed by atoms with Crippen LogP contribution in [0.4, 0.5) is 4.79 Å². The van der Waals surface area contributed by atoms with Crippen LogP contribution in [0.2, 0.25) is 0 Å². The van der Waals surface area contributed by atoms with E-state index < -0.39 is 34.0 Å². The Morgan fingerprint density at radius 3 is 2.31 bits per heavy atom. The molecule has 2 saturated heterocycles.